The second-order valence-corrected chi connectivity index (χ2v) is 4.76. The lowest BCUT2D eigenvalue weighted by molar-refractivity contribution is -0.142. The van der Waals surface area contributed by atoms with E-state index in [1.807, 2.05) is 0 Å². The zero-order valence-electron chi connectivity index (χ0n) is 11.5. The first-order chi connectivity index (χ1) is 9.99. The van der Waals surface area contributed by atoms with Crippen molar-refractivity contribution in [3.63, 3.8) is 0 Å². The molecule has 0 aromatic rings. The number of aliphatic hydroxyl groups excluding tert-OH is 5. The van der Waals surface area contributed by atoms with E-state index < -0.39 is 37.3 Å². The fourth-order valence-corrected chi connectivity index (χ4v) is 1.26. The number of rotatable bonds is 9. The summed E-state index contributed by atoms with van der Waals surface area (Å²) >= 11 is 0. The van der Waals surface area contributed by atoms with Crippen molar-refractivity contribution >= 4 is 5.78 Å². The molecule has 0 aromatic heterocycles. The Bertz CT molecular complexity index is 291. The minimum Gasteiger partial charge on any atom is -0.394 e. The summed E-state index contributed by atoms with van der Waals surface area (Å²) in [5.41, 5.74) is 0. The molecule has 9 heteroatoms. The van der Waals surface area contributed by atoms with Crippen LogP contribution in [-0.4, -0.2) is 101 Å². The number of epoxide rings is 2. The smallest absolute Gasteiger partial charge is 0.189 e. The van der Waals surface area contributed by atoms with Gasteiger partial charge in [-0.25, -0.2) is 0 Å². The minimum atomic E-state index is -1.86. The average Bonchev–Trinajstić information content (AvgIpc) is 3.39. The molecule has 2 unspecified atom stereocenters. The van der Waals surface area contributed by atoms with E-state index in [0.717, 1.165) is 26.4 Å². The van der Waals surface area contributed by atoms with Crippen LogP contribution in [0.1, 0.15) is 0 Å². The summed E-state index contributed by atoms with van der Waals surface area (Å²) in [4.78, 5) is 10.5. The number of hydrogen-bond acceptors (Lipinski definition) is 9. The van der Waals surface area contributed by atoms with Crippen LogP contribution in [0.15, 0.2) is 0 Å². The van der Waals surface area contributed by atoms with Gasteiger partial charge in [0.15, 0.2) is 5.78 Å². The van der Waals surface area contributed by atoms with E-state index in [9.17, 15) is 4.79 Å². The highest BCUT2D eigenvalue weighted by atomic mass is 16.6. The number of carbonyl (C=O) groups excluding carboxylic acids is 1. The predicted molar refractivity (Wildman–Crippen MR) is 67.5 cm³/mol. The van der Waals surface area contributed by atoms with Crippen molar-refractivity contribution in [2.75, 3.05) is 39.6 Å². The topological polar surface area (TPSA) is 153 Å². The van der Waals surface area contributed by atoms with Gasteiger partial charge in [0.1, 0.15) is 37.1 Å². The zero-order chi connectivity index (χ0) is 15.8. The Hall–Kier alpha value is -0.650. The van der Waals surface area contributed by atoms with Gasteiger partial charge in [-0.1, -0.05) is 0 Å². The van der Waals surface area contributed by atoms with Gasteiger partial charge in [0, 0.05) is 0 Å². The predicted octanol–water partition coefficient (Wildman–Crippen LogP) is -3.58. The lowest BCUT2D eigenvalue weighted by Crippen LogP contribution is -2.44. The summed E-state index contributed by atoms with van der Waals surface area (Å²) < 4.78 is 15.1. The van der Waals surface area contributed by atoms with Crippen LogP contribution in [0, 0.1) is 0 Å². The molecular weight excluding hydrogens is 288 g/mol. The van der Waals surface area contributed by atoms with E-state index >= 15 is 0 Å². The first-order valence-electron chi connectivity index (χ1n) is 6.59. The van der Waals surface area contributed by atoms with Crippen molar-refractivity contribution in [2.45, 2.75) is 30.5 Å². The summed E-state index contributed by atoms with van der Waals surface area (Å²) in [6, 6.07) is 0. The van der Waals surface area contributed by atoms with Crippen LogP contribution in [0.5, 0.6) is 0 Å². The third kappa shape index (κ3) is 7.79. The van der Waals surface area contributed by atoms with Crippen molar-refractivity contribution in [1.29, 1.82) is 0 Å². The Morgan fingerprint density at radius 1 is 1.10 bits per heavy atom. The van der Waals surface area contributed by atoms with Crippen LogP contribution in [0.4, 0.5) is 0 Å². The van der Waals surface area contributed by atoms with Gasteiger partial charge in [-0.2, -0.15) is 0 Å². The normalized spacial score (nSPS) is 27.1. The van der Waals surface area contributed by atoms with Gasteiger partial charge in [0.25, 0.3) is 0 Å². The Morgan fingerprint density at radius 2 is 1.57 bits per heavy atom. The van der Waals surface area contributed by atoms with E-state index in [0.29, 0.717) is 12.2 Å². The molecule has 0 amide bonds. The molecule has 0 bridgehead atoms. The van der Waals surface area contributed by atoms with Gasteiger partial charge in [-0.3, -0.25) is 4.79 Å². The second-order valence-electron chi connectivity index (χ2n) is 4.76. The number of ketones is 1. The highest BCUT2D eigenvalue weighted by Crippen LogP contribution is 2.12. The molecule has 21 heavy (non-hydrogen) atoms. The first-order valence-corrected chi connectivity index (χ1v) is 6.59. The minimum absolute atomic E-state index is 0.392. The maximum absolute atomic E-state index is 10.5. The van der Waals surface area contributed by atoms with Gasteiger partial charge < -0.3 is 39.7 Å². The Kier molecular flexibility index (Phi) is 8.22. The fraction of sp³-hybridized carbons (Fsp3) is 0.917. The van der Waals surface area contributed by atoms with Crippen LogP contribution in [-0.2, 0) is 19.0 Å². The molecule has 2 rings (SSSR count). The second kappa shape index (κ2) is 9.38. The number of hydrogen-bond donors (Lipinski definition) is 5. The highest BCUT2D eigenvalue weighted by Gasteiger charge is 2.29. The van der Waals surface area contributed by atoms with Crippen LogP contribution in [0.2, 0.25) is 0 Å². The maximum atomic E-state index is 10.5. The van der Waals surface area contributed by atoms with Gasteiger partial charge in [-0.05, 0) is 0 Å². The van der Waals surface area contributed by atoms with E-state index in [1.54, 1.807) is 0 Å². The average molecular weight is 310 g/mol. The molecule has 2 aliphatic rings. The highest BCUT2D eigenvalue weighted by molar-refractivity contribution is 5.84. The largest absolute Gasteiger partial charge is 0.394 e. The third-order valence-electron chi connectivity index (χ3n) is 2.80. The monoisotopic (exact) mass is 310 g/mol. The Labute approximate surface area is 121 Å². The van der Waals surface area contributed by atoms with Gasteiger partial charge in [0.2, 0.25) is 0 Å². The van der Waals surface area contributed by atoms with Crippen LogP contribution >= 0.6 is 0 Å². The number of ether oxygens (including phenoxy) is 3. The van der Waals surface area contributed by atoms with Gasteiger partial charge >= 0.3 is 0 Å². The molecule has 0 radical (unpaired) electrons. The summed E-state index contributed by atoms with van der Waals surface area (Å²) in [5, 5.41) is 43.1. The number of carbonyl (C=O) groups is 1. The first kappa shape index (κ1) is 18.4. The van der Waals surface area contributed by atoms with E-state index in [1.165, 1.54) is 0 Å². The molecule has 2 heterocycles. The summed E-state index contributed by atoms with van der Waals surface area (Å²) in [6.45, 7) is 1.57. The zero-order valence-corrected chi connectivity index (χ0v) is 11.5. The fourth-order valence-electron chi connectivity index (χ4n) is 1.26. The summed E-state index contributed by atoms with van der Waals surface area (Å²) in [5.74, 6) is -1.00. The molecule has 2 aliphatic heterocycles. The molecule has 2 saturated heterocycles. The lowest BCUT2D eigenvalue weighted by Gasteiger charge is -2.19. The SMILES string of the molecule is C(OCC1CO1)C1CO1.O=C(CO)[C@H](O)[C@@H](O)[C@H](O)CO. The van der Waals surface area contributed by atoms with E-state index in [4.69, 9.17) is 39.7 Å². The van der Waals surface area contributed by atoms with Crippen molar-refractivity contribution < 1.29 is 44.5 Å². The van der Waals surface area contributed by atoms with Crippen molar-refractivity contribution in [3.8, 4) is 0 Å². The molecule has 9 nitrogen and oxygen atoms in total. The molecule has 0 aromatic carbocycles. The molecule has 0 spiro atoms. The standard InChI is InChI=1S/C6H12O6.C6H10O3/c7-1-3(9)5(11)6(12)4(10)2-8;1(5-3-8-5)7-2-6-4-9-6/h3,5-9,11-12H,1-2H2;5-6H,1-4H2/t3-,5+,6+;/m1./s1. The molecule has 2 fully saturated rings. The van der Waals surface area contributed by atoms with Crippen LogP contribution < -0.4 is 0 Å². The Balaban J connectivity index is 0.000000216. The van der Waals surface area contributed by atoms with Crippen molar-refractivity contribution in [3.05, 3.63) is 0 Å². The van der Waals surface area contributed by atoms with Crippen molar-refractivity contribution in [1.82, 2.24) is 0 Å². The quantitative estimate of drug-likeness (QED) is 0.272. The molecular formula is C12H22O9. The van der Waals surface area contributed by atoms with Crippen LogP contribution in [0.3, 0.4) is 0 Å². The van der Waals surface area contributed by atoms with Crippen molar-refractivity contribution in [2.24, 2.45) is 0 Å². The van der Waals surface area contributed by atoms with Crippen LogP contribution in [0.25, 0.3) is 0 Å². The molecule has 0 aliphatic carbocycles. The summed E-state index contributed by atoms with van der Waals surface area (Å²) in [6.07, 6.45) is -4.44. The molecule has 5 atom stereocenters. The molecule has 0 saturated carbocycles. The van der Waals surface area contributed by atoms with Gasteiger partial charge in [0.05, 0.1) is 33.0 Å². The third-order valence-corrected chi connectivity index (χ3v) is 2.80. The molecule has 124 valence electrons. The van der Waals surface area contributed by atoms with Gasteiger partial charge in [-0.15, -0.1) is 0 Å². The van der Waals surface area contributed by atoms with E-state index in [-0.39, 0.29) is 0 Å². The number of Topliss-reactive ketones (excluding diaryl/α,β-unsaturated/α-hetero) is 1. The Morgan fingerprint density at radius 3 is 1.90 bits per heavy atom. The van der Waals surface area contributed by atoms with E-state index in [2.05, 4.69) is 0 Å². The molecule has 5 N–H and O–H groups in total. The number of aliphatic hydroxyl groups is 5. The maximum Gasteiger partial charge on any atom is 0.189 e. The lowest BCUT2D eigenvalue weighted by atomic mass is 10.1. The summed E-state index contributed by atoms with van der Waals surface area (Å²) in [7, 11) is 0.